The third-order valence-corrected chi connectivity index (χ3v) is 4.85. The Hall–Kier alpha value is -1.53. The maximum atomic E-state index is 12.2. The van der Waals surface area contributed by atoms with Crippen molar-refractivity contribution in [2.45, 2.75) is 32.3 Å². The minimum absolute atomic E-state index is 0. The van der Waals surface area contributed by atoms with Crippen molar-refractivity contribution in [1.29, 1.82) is 0 Å². The maximum Gasteiger partial charge on any atom is 0.224 e. The number of carbonyl (C=O) groups is 1. The number of aromatic nitrogens is 1. The number of pyridine rings is 1. The molecule has 1 aliphatic heterocycles. The number of carbonyl (C=O) groups excluding carboxylic acids is 1. The lowest BCUT2D eigenvalue weighted by molar-refractivity contribution is -0.116. The third kappa shape index (κ3) is 7.84. The van der Waals surface area contributed by atoms with E-state index in [9.17, 15) is 4.79 Å². The number of piperidine rings is 1. The van der Waals surface area contributed by atoms with Gasteiger partial charge in [-0.1, -0.05) is 17.7 Å². The molecule has 0 spiro atoms. The van der Waals surface area contributed by atoms with Gasteiger partial charge in [0.1, 0.15) is 12.4 Å². The van der Waals surface area contributed by atoms with Crippen LogP contribution in [0.3, 0.4) is 0 Å². The number of hydrogen-bond acceptors (Lipinski definition) is 4. The summed E-state index contributed by atoms with van der Waals surface area (Å²) in [5.41, 5.74) is 1.52. The van der Waals surface area contributed by atoms with Gasteiger partial charge in [-0.15, -0.1) is 24.8 Å². The highest BCUT2D eigenvalue weighted by Crippen LogP contribution is 2.28. The van der Waals surface area contributed by atoms with Gasteiger partial charge >= 0.3 is 0 Å². The molecule has 28 heavy (non-hydrogen) atoms. The quantitative estimate of drug-likeness (QED) is 0.636. The Morgan fingerprint density at radius 3 is 2.68 bits per heavy atom. The predicted octanol–water partition coefficient (Wildman–Crippen LogP) is 4.88. The van der Waals surface area contributed by atoms with E-state index < -0.39 is 0 Å². The first kappa shape index (κ1) is 24.5. The number of rotatable bonds is 7. The van der Waals surface area contributed by atoms with E-state index in [0.29, 0.717) is 35.4 Å². The molecule has 2 N–H and O–H groups in total. The molecule has 1 amide bonds. The number of ether oxygens (including phenoxy) is 1. The van der Waals surface area contributed by atoms with E-state index in [1.807, 2.05) is 24.3 Å². The molecule has 2 aromatic rings. The van der Waals surface area contributed by atoms with Gasteiger partial charge in [-0.25, -0.2) is 0 Å². The molecule has 1 aliphatic rings. The van der Waals surface area contributed by atoms with Crippen molar-refractivity contribution in [3.05, 3.63) is 53.3 Å². The van der Waals surface area contributed by atoms with E-state index in [-0.39, 0.29) is 30.7 Å². The Bertz CT molecular complexity index is 726. The largest absolute Gasteiger partial charge is 0.486 e. The molecule has 1 saturated heterocycles. The van der Waals surface area contributed by atoms with Crippen LogP contribution in [0.4, 0.5) is 5.69 Å². The van der Waals surface area contributed by atoms with Crippen molar-refractivity contribution >= 4 is 48.0 Å². The highest BCUT2D eigenvalue weighted by atomic mass is 35.5. The summed E-state index contributed by atoms with van der Waals surface area (Å²) in [6.07, 6.45) is 5.51. The van der Waals surface area contributed by atoms with Crippen molar-refractivity contribution in [3.63, 3.8) is 0 Å². The van der Waals surface area contributed by atoms with Crippen molar-refractivity contribution in [3.8, 4) is 5.75 Å². The summed E-state index contributed by atoms with van der Waals surface area (Å²) in [5.74, 6) is 1.25. The lowest BCUT2D eigenvalue weighted by atomic mass is 9.93. The van der Waals surface area contributed by atoms with Gasteiger partial charge in [-0.05, 0) is 68.6 Å². The highest BCUT2D eigenvalue weighted by molar-refractivity contribution is 6.32. The van der Waals surface area contributed by atoms with E-state index in [4.69, 9.17) is 16.3 Å². The second-order valence-corrected chi connectivity index (χ2v) is 6.94. The van der Waals surface area contributed by atoms with Crippen LogP contribution in [0.5, 0.6) is 5.75 Å². The van der Waals surface area contributed by atoms with Crippen LogP contribution in [-0.4, -0.2) is 24.0 Å². The van der Waals surface area contributed by atoms with Gasteiger partial charge in [0.2, 0.25) is 5.91 Å². The maximum absolute atomic E-state index is 12.2. The molecule has 2 heterocycles. The second-order valence-electron chi connectivity index (χ2n) is 6.54. The van der Waals surface area contributed by atoms with Crippen LogP contribution in [0.15, 0.2) is 42.6 Å². The normalized spacial score (nSPS) is 13.8. The number of nitrogens with zero attached hydrogens (tertiary/aromatic N) is 1. The first-order valence-corrected chi connectivity index (χ1v) is 9.41. The van der Waals surface area contributed by atoms with Crippen LogP contribution in [0, 0.1) is 5.92 Å². The molecule has 0 bridgehead atoms. The van der Waals surface area contributed by atoms with E-state index in [0.717, 1.165) is 38.0 Å². The Labute approximate surface area is 183 Å². The zero-order valence-electron chi connectivity index (χ0n) is 15.5. The molecule has 1 aromatic heterocycles. The first-order chi connectivity index (χ1) is 12.7. The number of hydrogen-bond donors (Lipinski definition) is 2. The van der Waals surface area contributed by atoms with Gasteiger partial charge in [0.15, 0.2) is 0 Å². The molecule has 154 valence electrons. The van der Waals surface area contributed by atoms with Crippen molar-refractivity contribution in [1.82, 2.24) is 10.3 Å². The smallest absolute Gasteiger partial charge is 0.224 e. The lowest BCUT2D eigenvalue weighted by Gasteiger charge is -2.22. The number of amides is 1. The summed E-state index contributed by atoms with van der Waals surface area (Å²) in [7, 11) is 0. The minimum Gasteiger partial charge on any atom is -0.486 e. The summed E-state index contributed by atoms with van der Waals surface area (Å²) in [4.78, 5) is 16.4. The van der Waals surface area contributed by atoms with Crippen molar-refractivity contribution in [2.24, 2.45) is 5.92 Å². The summed E-state index contributed by atoms with van der Waals surface area (Å²) in [5, 5.41) is 6.73. The summed E-state index contributed by atoms with van der Waals surface area (Å²) < 4.78 is 5.70. The SMILES string of the molecule is Cl.Cl.O=C(CCC1CCNCC1)Nc1ccc(OCc2ccccn2)c(Cl)c1. The lowest BCUT2D eigenvalue weighted by Crippen LogP contribution is -2.28. The van der Waals surface area contributed by atoms with Crippen LogP contribution >= 0.6 is 36.4 Å². The summed E-state index contributed by atoms with van der Waals surface area (Å²) in [6.45, 7) is 2.46. The Morgan fingerprint density at radius 1 is 1.21 bits per heavy atom. The fourth-order valence-electron chi connectivity index (χ4n) is 3.06. The molecular formula is C20H26Cl3N3O2. The van der Waals surface area contributed by atoms with Gasteiger partial charge < -0.3 is 15.4 Å². The topological polar surface area (TPSA) is 63.2 Å². The van der Waals surface area contributed by atoms with Crippen molar-refractivity contribution < 1.29 is 9.53 Å². The molecule has 5 nitrogen and oxygen atoms in total. The summed E-state index contributed by atoms with van der Waals surface area (Å²) >= 11 is 6.27. The Balaban J connectivity index is 0.00000196. The van der Waals surface area contributed by atoms with Crippen LogP contribution < -0.4 is 15.4 Å². The van der Waals surface area contributed by atoms with Crippen LogP contribution in [0.1, 0.15) is 31.4 Å². The molecule has 0 atom stereocenters. The zero-order valence-corrected chi connectivity index (χ0v) is 17.9. The monoisotopic (exact) mass is 445 g/mol. The predicted molar refractivity (Wildman–Crippen MR) is 118 cm³/mol. The van der Waals surface area contributed by atoms with E-state index in [1.165, 1.54) is 0 Å². The number of anilines is 1. The zero-order chi connectivity index (χ0) is 18.2. The molecule has 0 saturated carbocycles. The second kappa shape index (κ2) is 12.8. The van der Waals surface area contributed by atoms with Gasteiger partial charge in [0, 0.05) is 18.3 Å². The molecule has 8 heteroatoms. The number of benzene rings is 1. The standard InChI is InChI=1S/C20H24ClN3O2.2ClH/c21-18-13-16(24-20(25)7-4-15-8-11-22-12-9-15)5-6-19(18)26-14-17-3-1-2-10-23-17;;/h1-3,5-6,10,13,15,22H,4,7-9,11-12,14H2,(H,24,25);2*1H. The van der Waals surface area contributed by atoms with Gasteiger partial charge in [0.05, 0.1) is 10.7 Å². The molecule has 1 aromatic carbocycles. The molecule has 3 rings (SSSR count). The Kier molecular flexibility index (Phi) is 11.2. The first-order valence-electron chi connectivity index (χ1n) is 9.03. The van der Waals surface area contributed by atoms with E-state index in [2.05, 4.69) is 15.6 Å². The fourth-order valence-corrected chi connectivity index (χ4v) is 3.30. The number of halogens is 3. The minimum atomic E-state index is 0. The molecule has 0 aliphatic carbocycles. The van der Waals surface area contributed by atoms with Gasteiger partial charge in [-0.3, -0.25) is 9.78 Å². The molecular weight excluding hydrogens is 421 g/mol. The molecule has 0 radical (unpaired) electrons. The van der Waals surface area contributed by atoms with Gasteiger partial charge in [0.25, 0.3) is 0 Å². The van der Waals surface area contributed by atoms with Crippen molar-refractivity contribution in [2.75, 3.05) is 18.4 Å². The van der Waals surface area contributed by atoms with E-state index in [1.54, 1.807) is 18.3 Å². The number of nitrogens with one attached hydrogen (secondary N) is 2. The molecule has 0 unspecified atom stereocenters. The Morgan fingerprint density at radius 2 is 2.00 bits per heavy atom. The average molecular weight is 447 g/mol. The average Bonchev–Trinajstić information content (AvgIpc) is 2.67. The van der Waals surface area contributed by atoms with Crippen LogP contribution in [0.2, 0.25) is 5.02 Å². The summed E-state index contributed by atoms with van der Waals surface area (Å²) in [6, 6.07) is 11.0. The van der Waals surface area contributed by atoms with E-state index >= 15 is 0 Å². The fraction of sp³-hybridized carbons (Fsp3) is 0.400. The van der Waals surface area contributed by atoms with Gasteiger partial charge in [-0.2, -0.15) is 0 Å². The molecule has 1 fully saturated rings. The highest BCUT2D eigenvalue weighted by Gasteiger charge is 2.15. The van der Waals surface area contributed by atoms with Crippen LogP contribution in [0.25, 0.3) is 0 Å². The van der Waals surface area contributed by atoms with Crippen LogP contribution in [-0.2, 0) is 11.4 Å². The third-order valence-electron chi connectivity index (χ3n) is 4.56.